The van der Waals surface area contributed by atoms with Crippen molar-refractivity contribution < 1.29 is 15.0 Å². The first-order chi connectivity index (χ1) is 4.09. The molecule has 2 atom stereocenters. The number of aliphatic hydroxyl groups is 1. The Morgan fingerprint density at radius 3 is 2.22 bits per heavy atom. The third kappa shape index (κ3) is 2.11. The highest BCUT2D eigenvalue weighted by molar-refractivity contribution is 5.76. The molecular weight excluding hydrogens is 122 g/mol. The van der Waals surface area contributed by atoms with Crippen LogP contribution < -0.4 is 0 Å². The van der Waals surface area contributed by atoms with Crippen LogP contribution in [0.25, 0.3) is 4.85 Å². The molecule has 0 aliphatic rings. The van der Waals surface area contributed by atoms with Crippen molar-refractivity contribution in [3.05, 3.63) is 11.4 Å². The molecule has 50 valence electrons. The maximum atomic E-state index is 10.00. The number of carboxylic acids is 1. The first kappa shape index (κ1) is 7.92. The second-order valence-electron chi connectivity index (χ2n) is 1.65. The molecule has 0 aromatic carbocycles. The van der Waals surface area contributed by atoms with Gasteiger partial charge in [0.05, 0.1) is 0 Å². The molecule has 0 aromatic rings. The van der Waals surface area contributed by atoms with Crippen molar-refractivity contribution in [2.75, 3.05) is 0 Å². The minimum absolute atomic E-state index is 1.10. The molecule has 0 saturated heterocycles. The van der Waals surface area contributed by atoms with E-state index >= 15 is 0 Å². The molecule has 0 spiro atoms. The summed E-state index contributed by atoms with van der Waals surface area (Å²) in [7, 11) is 0. The zero-order valence-corrected chi connectivity index (χ0v) is 4.90. The smallest absolute Gasteiger partial charge is 0.390 e. The summed E-state index contributed by atoms with van der Waals surface area (Å²) in [6.07, 6.45) is -1.10. The van der Waals surface area contributed by atoms with E-state index in [1.807, 2.05) is 0 Å². The quantitative estimate of drug-likeness (QED) is 0.505. The minimum atomic E-state index is -1.31. The van der Waals surface area contributed by atoms with Crippen LogP contribution in [0.2, 0.25) is 0 Å². The third-order valence-corrected chi connectivity index (χ3v) is 0.849. The predicted octanol–water partition coefficient (Wildman–Crippen LogP) is -0.260. The molecule has 0 rings (SSSR count). The number of hydrogen-bond acceptors (Lipinski definition) is 2. The highest BCUT2D eigenvalue weighted by Gasteiger charge is 2.27. The number of carbonyl (C=O) groups is 1. The van der Waals surface area contributed by atoms with Crippen LogP contribution in [-0.2, 0) is 4.79 Å². The number of aliphatic carboxylic acids is 1. The molecule has 0 bridgehead atoms. The highest BCUT2D eigenvalue weighted by atomic mass is 16.4. The van der Waals surface area contributed by atoms with Gasteiger partial charge in [-0.25, -0.2) is 11.4 Å². The van der Waals surface area contributed by atoms with E-state index in [2.05, 4.69) is 4.85 Å². The van der Waals surface area contributed by atoms with Crippen LogP contribution in [-0.4, -0.2) is 28.3 Å². The molecule has 9 heavy (non-hydrogen) atoms. The standard InChI is InChI=1S/C5H7NO3/c1-3(7)4(6-2)5(8)9/h3-4,7H,1H3,(H,8,9). The van der Waals surface area contributed by atoms with Gasteiger partial charge in [0.2, 0.25) is 0 Å². The predicted molar refractivity (Wildman–Crippen MR) is 29.7 cm³/mol. The Morgan fingerprint density at radius 1 is 1.78 bits per heavy atom. The molecule has 2 unspecified atom stereocenters. The molecule has 0 fully saturated rings. The van der Waals surface area contributed by atoms with E-state index in [4.69, 9.17) is 16.8 Å². The molecule has 0 aliphatic heterocycles. The average Bonchev–Trinajstić information content (AvgIpc) is 1.64. The van der Waals surface area contributed by atoms with Crippen molar-refractivity contribution in [3.8, 4) is 0 Å². The summed E-state index contributed by atoms with van der Waals surface area (Å²) in [5.74, 6) is -1.28. The lowest BCUT2D eigenvalue weighted by molar-refractivity contribution is -0.139. The Balaban J connectivity index is 4.04. The molecule has 0 aromatic heterocycles. The zero-order chi connectivity index (χ0) is 7.44. The van der Waals surface area contributed by atoms with Gasteiger partial charge in [-0.3, -0.25) is 4.85 Å². The van der Waals surface area contributed by atoms with Crippen LogP contribution in [0.4, 0.5) is 0 Å². The number of hydrogen-bond donors (Lipinski definition) is 2. The van der Waals surface area contributed by atoms with Crippen LogP contribution in [0.1, 0.15) is 6.92 Å². The van der Waals surface area contributed by atoms with Gasteiger partial charge in [-0.15, -0.1) is 0 Å². The summed E-state index contributed by atoms with van der Waals surface area (Å²) >= 11 is 0. The Hall–Kier alpha value is -1.08. The second kappa shape index (κ2) is 3.05. The second-order valence-corrected chi connectivity index (χ2v) is 1.65. The van der Waals surface area contributed by atoms with E-state index in [1.54, 1.807) is 0 Å². The maximum absolute atomic E-state index is 10.00. The van der Waals surface area contributed by atoms with Crippen LogP contribution in [0.3, 0.4) is 0 Å². The van der Waals surface area contributed by atoms with E-state index in [1.165, 1.54) is 6.92 Å². The van der Waals surface area contributed by atoms with E-state index in [-0.39, 0.29) is 0 Å². The topological polar surface area (TPSA) is 61.9 Å². The monoisotopic (exact) mass is 129 g/mol. The molecule has 4 heteroatoms. The first-order valence-electron chi connectivity index (χ1n) is 2.37. The van der Waals surface area contributed by atoms with Gasteiger partial charge in [-0.2, -0.15) is 0 Å². The van der Waals surface area contributed by atoms with E-state index < -0.39 is 18.1 Å². The van der Waals surface area contributed by atoms with Gasteiger partial charge in [0, 0.05) is 0 Å². The van der Waals surface area contributed by atoms with Crippen LogP contribution in [0.5, 0.6) is 0 Å². The van der Waals surface area contributed by atoms with Gasteiger partial charge < -0.3 is 10.2 Å². The van der Waals surface area contributed by atoms with Crippen LogP contribution in [0.15, 0.2) is 0 Å². The Kier molecular flexibility index (Phi) is 2.68. The molecule has 4 nitrogen and oxygen atoms in total. The Morgan fingerprint density at radius 2 is 2.22 bits per heavy atom. The summed E-state index contributed by atoms with van der Waals surface area (Å²) in [4.78, 5) is 12.7. The van der Waals surface area contributed by atoms with Gasteiger partial charge in [-0.1, -0.05) is 0 Å². The summed E-state index contributed by atoms with van der Waals surface area (Å²) in [5, 5.41) is 16.8. The minimum Gasteiger partial charge on any atom is -0.475 e. The van der Waals surface area contributed by atoms with Crippen molar-refractivity contribution in [1.82, 2.24) is 0 Å². The number of aliphatic hydroxyl groups excluding tert-OH is 1. The van der Waals surface area contributed by atoms with Crippen molar-refractivity contribution in [3.63, 3.8) is 0 Å². The molecule has 2 N–H and O–H groups in total. The lowest BCUT2D eigenvalue weighted by Crippen LogP contribution is -2.28. The van der Waals surface area contributed by atoms with Crippen molar-refractivity contribution in [2.24, 2.45) is 0 Å². The average molecular weight is 129 g/mol. The largest absolute Gasteiger partial charge is 0.475 e. The SMILES string of the molecule is [C-]#[N+]C(C(=O)O)C(C)O. The van der Waals surface area contributed by atoms with Crippen LogP contribution in [0, 0.1) is 6.57 Å². The summed E-state index contributed by atoms with van der Waals surface area (Å²) in [6.45, 7) is 7.58. The van der Waals surface area contributed by atoms with E-state index in [0.29, 0.717) is 0 Å². The maximum Gasteiger partial charge on any atom is 0.390 e. The fraction of sp³-hybridized carbons (Fsp3) is 0.600. The third-order valence-electron chi connectivity index (χ3n) is 0.849. The number of rotatable bonds is 2. The number of carboxylic acid groups (broad SMARTS) is 1. The van der Waals surface area contributed by atoms with Gasteiger partial charge in [0.1, 0.15) is 6.10 Å². The van der Waals surface area contributed by atoms with Gasteiger partial charge in [0.25, 0.3) is 0 Å². The van der Waals surface area contributed by atoms with E-state index in [9.17, 15) is 4.79 Å². The fourth-order valence-electron chi connectivity index (χ4n) is 0.369. The lowest BCUT2D eigenvalue weighted by Gasteiger charge is -2.00. The molecule has 0 heterocycles. The summed E-state index contributed by atoms with van der Waals surface area (Å²) in [5.41, 5.74) is 0. The molecular formula is C5H7NO3. The fourth-order valence-corrected chi connectivity index (χ4v) is 0.369. The first-order valence-corrected chi connectivity index (χ1v) is 2.37. The van der Waals surface area contributed by atoms with Crippen molar-refractivity contribution in [2.45, 2.75) is 19.1 Å². The summed E-state index contributed by atoms with van der Waals surface area (Å²) in [6, 6.07) is -1.31. The molecule has 0 amide bonds. The van der Waals surface area contributed by atoms with Crippen LogP contribution >= 0.6 is 0 Å². The molecule has 0 radical (unpaired) electrons. The number of nitrogens with zero attached hydrogens (tertiary/aromatic N) is 1. The molecule has 0 saturated carbocycles. The van der Waals surface area contributed by atoms with Crippen molar-refractivity contribution >= 4 is 5.97 Å². The Labute approximate surface area is 52.6 Å². The van der Waals surface area contributed by atoms with E-state index in [0.717, 1.165) is 0 Å². The Bertz CT molecular complexity index is 147. The lowest BCUT2D eigenvalue weighted by atomic mass is 10.2. The highest BCUT2D eigenvalue weighted by Crippen LogP contribution is 1.96. The molecule has 0 aliphatic carbocycles. The zero-order valence-electron chi connectivity index (χ0n) is 4.90. The van der Waals surface area contributed by atoms with Gasteiger partial charge in [0.15, 0.2) is 0 Å². The normalized spacial score (nSPS) is 15.7. The van der Waals surface area contributed by atoms with Gasteiger partial charge in [-0.05, 0) is 6.92 Å². The van der Waals surface area contributed by atoms with Crippen molar-refractivity contribution in [1.29, 1.82) is 0 Å². The van der Waals surface area contributed by atoms with Gasteiger partial charge >= 0.3 is 12.0 Å². The summed E-state index contributed by atoms with van der Waals surface area (Å²) < 4.78 is 0.